The van der Waals surface area contributed by atoms with Gasteiger partial charge in [-0.3, -0.25) is 0 Å². The maximum absolute atomic E-state index is 13.3. The number of hydrogen-bond donors (Lipinski definition) is 0. The third-order valence-corrected chi connectivity index (χ3v) is 2.91. The third-order valence-electron chi connectivity index (χ3n) is 2.24. The van der Waals surface area contributed by atoms with E-state index in [4.69, 9.17) is 0 Å². The number of rotatable bonds is 0. The quantitative estimate of drug-likeness (QED) is 0.498. The van der Waals surface area contributed by atoms with Crippen LogP contribution in [0, 0.1) is 3.57 Å². The molecular formula is C10H5F4I. The van der Waals surface area contributed by atoms with Crippen LogP contribution in [0.5, 0.6) is 0 Å². The van der Waals surface area contributed by atoms with Gasteiger partial charge in [0, 0.05) is 9.13 Å². The van der Waals surface area contributed by atoms with Crippen molar-refractivity contribution in [2.75, 3.05) is 0 Å². The summed E-state index contributed by atoms with van der Waals surface area (Å²) < 4.78 is 53.2. The summed E-state index contributed by atoms with van der Waals surface area (Å²) in [6.07, 6.45) is 1.29. The number of alkyl halides is 4. The molecule has 0 bridgehead atoms. The van der Waals surface area contributed by atoms with E-state index >= 15 is 0 Å². The van der Waals surface area contributed by atoms with E-state index in [1.54, 1.807) is 0 Å². The maximum Gasteiger partial charge on any atom is 0.339 e. The zero-order valence-electron chi connectivity index (χ0n) is 7.28. The first-order valence-corrected chi connectivity index (χ1v) is 5.17. The standard InChI is InChI=1S/C10H5F4I/c11-9(12)4-3-6-5-7(15)1-2-8(6)10(9,13)14/h1-5H. The van der Waals surface area contributed by atoms with Gasteiger partial charge in [-0.2, -0.15) is 17.6 Å². The van der Waals surface area contributed by atoms with Crippen molar-refractivity contribution in [2.45, 2.75) is 11.8 Å². The van der Waals surface area contributed by atoms with Gasteiger partial charge in [0.15, 0.2) is 0 Å². The highest BCUT2D eigenvalue weighted by atomic mass is 127. The van der Waals surface area contributed by atoms with Crippen molar-refractivity contribution in [1.82, 2.24) is 0 Å². The van der Waals surface area contributed by atoms with Crippen LogP contribution >= 0.6 is 22.6 Å². The van der Waals surface area contributed by atoms with Gasteiger partial charge < -0.3 is 0 Å². The Morgan fingerprint density at radius 3 is 2.40 bits per heavy atom. The minimum atomic E-state index is -4.12. The van der Waals surface area contributed by atoms with Gasteiger partial charge in [-0.05, 0) is 46.4 Å². The zero-order chi connectivity index (χ0) is 11.3. The molecule has 1 aliphatic rings. The minimum Gasteiger partial charge on any atom is -0.195 e. The van der Waals surface area contributed by atoms with Crippen LogP contribution in [-0.2, 0) is 5.92 Å². The molecule has 0 nitrogen and oxygen atoms in total. The molecule has 0 amide bonds. The van der Waals surface area contributed by atoms with Gasteiger partial charge >= 0.3 is 11.8 Å². The molecule has 2 rings (SSSR count). The van der Waals surface area contributed by atoms with E-state index < -0.39 is 17.4 Å². The molecule has 0 heterocycles. The molecule has 80 valence electrons. The summed E-state index contributed by atoms with van der Waals surface area (Å²) in [7, 11) is 0. The molecule has 5 heteroatoms. The molecule has 0 atom stereocenters. The van der Waals surface area contributed by atoms with Gasteiger partial charge in [0.05, 0.1) is 0 Å². The smallest absolute Gasteiger partial charge is 0.195 e. The van der Waals surface area contributed by atoms with Crippen molar-refractivity contribution in [2.24, 2.45) is 0 Å². The lowest BCUT2D eigenvalue weighted by molar-refractivity contribution is -0.187. The first kappa shape index (κ1) is 10.9. The molecule has 0 radical (unpaired) electrons. The van der Waals surface area contributed by atoms with Crippen molar-refractivity contribution >= 4 is 28.7 Å². The first-order valence-electron chi connectivity index (χ1n) is 4.09. The van der Waals surface area contributed by atoms with Crippen LogP contribution in [0.1, 0.15) is 11.1 Å². The Labute approximate surface area is 97.1 Å². The molecule has 15 heavy (non-hydrogen) atoms. The fourth-order valence-electron chi connectivity index (χ4n) is 1.44. The van der Waals surface area contributed by atoms with Crippen molar-refractivity contribution in [1.29, 1.82) is 0 Å². The average Bonchev–Trinajstić information content (AvgIpc) is 2.12. The van der Waals surface area contributed by atoms with E-state index in [0.29, 0.717) is 0 Å². The van der Waals surface area contributed by atoms with Crippen LogP contribution in [-0.4, -0.2) is 5.92 Å². The normalized spacial score (nSPS) is 21.1. The Morgan fingerprint density at radius 2 is 1.73 bits per heavy atom. The Morgan fingerprint density at radius 1 is 1.07 bits per heavy atom. The third kappa shape index (κ3) is 1.56. The lowest BCUT2D eigenvalue weighted by atomic mass is 9.91. The van der Waals surface area contributed by atoms with Gasteiger partial charge in [0.2, 0.25) is 0 Å². The monoisotopic (exact) mass is 328 g/mol. The van der Waals surface area contributed by atoms with Gasteiger partial charge in [0.25, 0.3) is 0 Å². The first-order chi connectivity index (χ1) is 6.84. The van der Waals surface area contributed by atoms with Crippen LogP contribution in [0.25, 0.3) is 6.08 Å². The maximum atomic E-state index is 13.3. The second-order valence-corrected chi connectivity index (χ2v) is 4.51. The number of benzene rings is 1. The van der Waals surface area contributed by atoms with E-state index in [0.717, 1.165) is 15.7 Å². The second-order valence-electron chi connectivity index (χ2n) is 3.26. The molecular weight excluding hydrogens is 323 g/mol. The molecule has 0 fully saturated rings. The summed E-state index contributed by atoms with van der Waals surface area (Å²) in [5.74, 6) is -8.23. The van der Waals surface area contributed by atoms with Crippen LogP contribution in [0.2, 0.25) is 0 Å². The van der Waals surface area contributed by atoms with Crippen molar-refractivity contribution in [3.05, 3.63) is 39.0 Å². The van der Waals surface area contributed by atoms with Gasteiger partial charge in [-0.1, -0.05) is 12.1 Å². The van der Waals surface area contributed by atoms with Crippen LogP contribution in [0.4, 0.5) is 17.6 Å². The Balaban J connectivity index is 2.66. The molecule has 0 saturated heterocycles. The molecule has 0 N–H and O–H groups in total. The minimum absolute atomic E-state index is 0.151. The lowest BCUT2D eigenvalue weighted by Gasteiger charge is -2.28. The van der Waals surface area contributed by atoms with Gasteiger partial charge in [-0.15, -0.1) is 0 Å². The highest BCUT2D eigenvalue weighted by molar-refractivity contribution is 14.1. The van der Waals surface area contributed by atoms with Crippen LogP contribution < -0.4 is 0 Å². The van der Waals surface area contributed by atoms with Gasteiger partial charge in [-0.25, -0.2) is 0 Å². The number of allylic oxidation sites excluding steroid dienone is 1. The lowest BCUT2D eigenvalue weighted by Crippen LogP contribution is -2.38. The van der Waals surface area contributed by atoms with E-state index in [1.807, 2.05) is 22.6 Å². The summed E-state index contributed by atoms with van der Waals surface area (Å²) in [6.45, 7) is 0. The predicted molar refractivity (Wildman–Crippen MR) is 57.0 cm³/mol. The fourth-order valence-corrected chi connectivity index (χ4v) is 1.95. The number of fused-ring (bicyclic) bond motifs is 1. The fraction of sp³-hybridized carbons (Fsp3) is 0.200. The molecule has 0 unspecified atom stereocenters. The molecule has 0 spiro atoms. The Kier molecular flexibility index (Phi) is 2.33. The van der Waals surface area contributed by atoms with E-state index in [1.165, 1.54) is 12.1 Å². The molecule has 0 aromatic heterocycles. The summed E-state index contributed by atoms with van der Waals surface area (Å²) in [4.78, 5) is 0. The Bertz CT molecular complexity index is 437. The summed E-state index contributed by atoms with van der Waals surface area (Å²) in [6, 6.07) is 3.90. The van der Waals surface area contributed by atoms with Crippen molar-refractivity contribution in [3.8, 4) is 0 Å². The molecule has 0 saturated carbocycles. The second kappa shape index (κ2) is 3.20. The van der Waals surface area contributed by atoms with Gasteiger partial charge in [0.1, 0.15) is 0 Å². The van der Waals surface area contributed by atoms with Crippen LogP contribution in [0.3, 0.4) is 0 Å². The highest BCUT2D eigenvalue weighted by Gasteiger charge is 2.57. The zero-order valence-corrected chi connectivity index (χ0v) is 9.43. The largest absolute Gasteiger partial charge is 0.339 e. The van der Waals surface area contributed by atoms with Crippen molar-refractivity contribution in [3.63, 3.8) is 0 Å². The summed E-state index contributed by atoms with van der Waals surface area (Å²) in [5, 5.41) is 0. The molecule has 0 aliphatic heterocycles. The van der Waals surface area contributed by atoms with E-state index in [2.05, 4.69) is 0 Å². The van der Waals surface area contributed by atoms with Crippen molar-refractivity contribution < 1.29 is 17.6 Å². The van der Waals surface area contributed by atoms with E-state index in [9.17, 15) is 17.6 Å². The summed E-state index contributed by atoms with van der Waals surface area (Å²) >= 11 is 1.94. The Hall–Kier alpha value is -0.590. The van der Waals surface area contributed by atoms with Crippen LogP contribution in [0.15, 0.2) is 24.3 Å². The highest BCUT2D eigenvalue weighted by Crippen LogP contribution is 2.48. The molecule has 1 aromatic rings. The molecule has 1 aromatic carbocycles. The average molecular weight is 328 g/mol. The predicted octanol–water partition coefficient (Wildman–Crippen LogP) is 4.05. The van der Waals surface area contributed by atoms with E-state index in [-0.39, 0.29) is 11.6 Å². The summed E-state index contributed by atoms with van der Waals surface area (Å²) in [5.41, 5.74) is -0.465. The topological polar surface area (TPSA) is 0 Å². The number of halogens is 5. The molecule has 1 aliphatic carbocycles. The SMILES string of the molecule is FC1(F)C=Cc2cc(I)ccc2C1(F)F. The number of hydrogen-bond acceptors (Lipinski definition) is 0.